The van der Waals surface area contributed by atoms with E-state index in [0.717, 1.165) is 56.8 Å². The number of tetrazole rings is 1. The number of benzene rings is 3. The molecule has 0 aliphatic carbocycles. The van der Waals surface area contributed by atoms with E-state index in [1.54, 1.807) is 0 Å². The van der Waals surface area contributed by atoms with Gasteiger partial charge in [-0.1, -0.05) is 55.0 Å². The molecular weight excluding hydrogens is 533 g/mol. The maximum atomic E-state index is 13.2. The minimum Gasteiger partial charge on any atom is -0.484 e. The van der Waals surface area contributed by atoms with E-state index >= 15 is 0 Å². The molecule has 0 fully saturated rings. The molecule has 0 saturated heterocycles. The number of halogens is 1. The topological polar surface area (TPSA) is 106 Å². The number of aromatic amines is 1. The smallest absolute Gasteiger partial charge is 0.255 e. The van der Waals surface area contributed by atoms with Crippen LogP contribution in [0.15, 0.2) is 63.5 Å². The first-order valence-corrected chi connectivity index (χ1v) is 12.3. The van der Waals surface area contributed by atoms with E-state index in [1.807, 2.05) is 48.5 Å². The van der Waals surface area contributed by atoms with E-state index in [4.69, 9.17) is 9.15 Å². The molecule has 8 nitrogen and oxygen atoms in total. The molecule has 1 amide bonds. The van der Waals surface area contributed by atoms with Crippen LogP contribution in [0.25, 0.3) is 21.7 Å². The van der Waals surface area contributed by atoms with Crippen LogP contribution in [-0.4, -0.2) is 56.1 Å². The van der Waals surface area contributed by atoms with Gasteiger partial charge in [0.2, 0.25) is 5.82 Å². The molecule has 0 bridgehead atoms. The maximum absolute atomic E-state index is 13.2. The second-order valence-corrected chi connectivity index (χ2v) is 9.03. The quantitative estimate of drug-likeness (QED) is 0.237. The van der Waals surface area contributed by atoms with Gasteiger partial charge in [0.1, 0.15) is 17.1 Å². The molecule has 2 N–H and O–H groups in total. The van der Waals surface area contributed by atoms with Crippen LogP contribution >= 0.6 is 15.9 Å². The van der Waals surface area contributed by atoms with Gasteiger partial charge in [-0.05, 0) is 56.9 Å². The molecule has 1 radical (unpaired) electrons. The number of aryl methyl sites for hydroxylation is 1. The molecule has 179 valence electrons. The van der Waals surface area contributed by atoms with Gasteiger partial charge < -0.3 is 14.5 Å². The fourth-order valence-corrected chi connectivity index (χ4v) is 4.67. The molecule has 5 aromatic rings. The number of amides is 1. The number of nitrogens with one attached hydrogen (secondary N) is 2. The number of aromatic nitrogens is 4. The second kappa shape index (κ2) is 12.0. The van der Waals surface area contributed by atoms with Crippen molar-refractivity contribution in [3.63, 3.8) is 0 Å². The van der Waals surface area contributed by atoms with Crippen molar-refractivity contribution >= 4 is 73.1 Å². The first-order chi connectivity index (χ1) is 17.1. The average Bonchev–Trinajstić information content (AvgIpc) is 3.53. The summed E-state index contributed by atoms with van der Waals surface area (Å²) in [6.45, 7) is 2.76. The van der Waals surface area contributed by atoms with E-state index in [1.165, 1.54) is 0 Å². The van der Waals surface area contributed by atoms with Crippen molar-refractivity contribution in [2.24, 2.45) is 0 Å². The van der Waals surface area contributed by atoms with Gasteiger partial charge in [0, 0.05) is 47.9 Å². The number of furan rings is 1. The number of rotatable bonds is 9. The Morgan fingerprint density at radius 2 is 2.00 bits per heavy atom. The van der Waals surface area contributed by atoms with Crippen LogP contribution in [0.5, 0.6) is 5.75 Å². The fraction of sp³-hybridized carbons (Fsp3) is 0.231. The summed E-state index contributed by atoms with van der Waals surface area (Å²) in [4.78, 5) is 13.2. The largest absolute Gasteiger partial charge is 0.484 e. The van der Waals surface area contributed by atoms with E-state index in [2.05, 4.69) is 54.9 Å². The third-order valence-electron chi connectivity index (χ3n) is 5.83. The number of hydrogen-bond acceptors (Lipinski definition) is 6. The molecule has 0 atom stereocenters. The number of unbranched alkanes of at least 4 members (excludes halogenated alkanes) is 1. The van der Waals surface area contributed by atoms with Gasteiger partial charge in [-0.15, -0.1) is 10.2 Å². The molecule has 10 heteroatoms. The molecule has 0 aliphatic heterocycles. The Hall–Kier alpha value is -2.72. The average molecular weight is 557 g/mol. The number of carbonyl (C=O) groups excluding carboxylic acids is 1. The Kier molecular flexibility index (Phi) is 8.79. The summed E-state index contributed by atoms with van der Waals surface area (Å²) < 4.78 is 12.7. The zero-order valence-electron chi connectivity index (χ0n) is 20.2. The van der Waals surface area contributed by atoms with Gasteiger partial charge in [-0.3, -0.25) is 4.79 Å². The van der Waals surface area contributed by atoms with Gasteiger partial charge in [-0.2, -0.15) is 5.21 Å². The van der Waals surface area contributed by atoms with Gasteiger partial charge in [0.05, 0.1) is 10.0 Å². The predicted octanol–water partition coefficient (Wildman–Crippen LogP) is 5.33. The van der Waals surface area contributed by atoms with Crippen LogP contribution in [0.1, 0.15) is 47.3 Å². The normalized spacial score (nSPS) is 10.9. The molecule has 0 spiro atoms. The van der Waals surface area contributed by atoms with Gasteiger partial charge in [0.25, 0.3) is 5.91 Å². The van der Waals surface area contributed by atoms with Crippen molar-refractivity contribution in [3.8, 4) is 5.75 Å². The third-order valence-corrected chi connectivity index (χ3v) is 6.65. The molecular formula is C26H24BrN5NaO3. The summed E-state index contributed by atoms with van der Waals surface area (Å²) in [5.74, 6) is 1.80. The Morgan fingerprint density at radius 3 is 2.81 bits per heavy atom. The van der Waals surface area contributed by atoms with Gasteiger partial charge in [-0.25, -0.2) is 0 Å². The monoisotopic (exact) mass is 556 g/mol. The number of para-hydroxylation sites is 1. The number of hydrogen-bond donors (Lipinski definition) is 2. The van der Waals surface area contributed by atoms with E-state index < -0.39 is 0 Å². The third kappa shape index (κ3) is 5.64. The van der Waals surface area contributed by atoms with Gasteiger partial charge >= 0.3 is 0 Å². The minimum absolute atomic E-state index is 0. The van der Waals surface area contributed by atoms with Crippen molar-refractivity contribution in [2.75, 3.05) is 0 Å². The van der Waals surface area contributed by atoms with Crippen molar-refractivity contribution in [2.45, 2.75) is 39.3 Å². The second-order valence-electron chi connectivity index (χ2n) is 8.23. The SMILES string of the molecule is CCCCc1oc2ccccc2c1C(=O)NCc1ccc2c(Br)c(OCc3nn[nH]n3)ccc2c1.[Na]. The van der Waals surface area contributed by atoms with E-state index in [0.29, 0.717) is 23.7 Å². The number of carbonyl (C=O) groups is 1. The Labute approximate surface area is 238 Å². The van der Waals surface area contributed by atoms with Gasteiger partial charge in [0.15, 0.2) is 6.61 Å². The van der Waals surface area contributed by atoms with Crippen LogP contribution in [0.2, 0.25) is 0 Å². The summed E-state index contributed by atoms with van der Waals surface area (Å²) >= 11 is 3.64. The number of ether oxygens (including phenoxy) is 1. The van der Waals surface area contributed by atoms with Crippen LogP contribution in [0.3, 0.4) is 0 Å². The molecule has 0 aliphatic rings. The Bertz CT molecular complexity index is 1490. The standard InChI is InChI=1S/C26H24BrN5O3.Na/c1-2-3-7-21-24(19-6-4-5-8-20(19)35-21)26(33)28-14-16-9-11-18-17(13-16)10-12-22(25(18)27)34-15-23-29-31-32-30-23;/h4-6,8-13H,2-3,7,14-15H2,1H3,(H,28,33)(H,29,30,31,32);. The Morgan fingerprint density at radius 1 is 1.14 bits per heavy atom. The maximum Gasteiger partial charge on any atom is 0.255 e. The molecule has 36 heavy (non-hydrogen) atoms. The predicted molar refractivity (Wildman–Crippen MR) is 142 cm³/mol. The summed E-state index contributed by atoms with van der Waals surface area (Å²) in [6.07, 6.45) is 2.75. The van der Waals surface area contributed by atoms with E-state index in [-0.39, 0.29) is 42.1 Å². The molecule has 0 unspecified atom stereocenters. The van der Waals surface area contributed by atoms with Crippen molar-refractivity contribution in [3.05, 3.63) is 81.8 Å². The Balaban J connectivity index is 0.00000304. The summed E-state index contributed by atoms with van der Waals surface area (Å²) in [5.41, 5.74) is 2.39. The zero-order valence-corrected chi connectivity index (χ0v) is 23.8. The zero-order chi connectivity index (χ0) is 24.2. The molecule has 3 aromatic carbocycles. The van der Waals surface area contributed by atoms with Crippen molar-refractivity contribution in [1.82, 2.24) is 25.9 Å². The summed E-state index contributed by atoms with van der Waals surface area (Å²) in [5, 5.41) is 19.7. The number of H-pyrrole nitrogens is 1. The minimum atomic E-state index is -0.118. The first-order valence-electron chi connectivity index (χ1n) is 11.5. The van der Waals surface area contributed by atoms with E-state index in [9.17, 15) is 4.79 Å². The molecule has 0 saturated carbocycles. The van der Waals surface area contributed by atoms with Crippen LogP contribution in [0, 0.1) is 0 Å². The molecule has 2 aromatic heterocycles. The van der Waals surface area contributed by atoms with Crippen molar-refractivity contribution in [1.29, 1.82) is 0 Å². The fourth-order valence-electron chi connectivity index (χ4n) is 4.06. The number of fused-ring (bicyclic) bond motifs is 2. The molecule has 2 heterocycles. The molecule has 5 rings (SSSR count). The van der Waals surface area contributed by atoms with Crippen molar-refractivity contribution < 1.29 is 13.9 Å². The van der Waals surface area contributed by atoms with Crippen LogP contribution in [-0.2, 0) is 19.6 Å². The van der Waals surface area contributed by atoms with Crippen LogP contribution in [0.4, 0.5) is 0 Å². The summed E-state index contributed by atoms with van der Waals surface area (Å²) in [7, 11) is 0. The number of nitrogens with zero attached hydrogens (tertiary/aromatic N) is 3. The summed E-state index contributed by atoms with van der Waals surface area (Å²) in [6, 6.07) is 17.7. The first kappa shape index (κ1) is 26.3. The van der Waals surface area contributed by atoms with Crippen LogP contribution < -0.4 is 10.1 Å².